The SMILES string of the molecule is CN(C=O)C(=S)[S-].CN(C=O)C(=S)[S-].O=C(Nc1ccc(S(=O)(=O)Nc2ccc(N=Nc3ccc4nc([S-])sc4c3)cc2)cc1)C(N1CC1)(N1CC1)N1CC1.[Sb+3]. The normalized spacial score (nSPS) is 14.8. The van der Waals surface area contributed by atoms with E-state index < -0.39 is 15.8 Å². The number of rotatable bonds is 12. The first kappa shape index (κ1) is 45.5. The van der Waals surface area contributed by atoms with E-state index in [0.717, 1.165) is 59.3 Å². The number of hydrogen-bond acceptors (Lipinski definition) is 17. The molecule has 0 aliphatic carbocycles. The zero-order valence-electron chi connectivity index (χ0n) is 29.7. The summed E-state index contributed by atoms with van der Waals surface area (Å²) in [6, 6.07) is 18.4. The average molecular weight is 996 g/mol. The van der Waals surface area contributed by atoms with Crippen LogP contribution < -0.4 is 10.0 Å². The number of thiocarbonyl (C=S) groups is 2. The molecule has 3 aliphatic heterocycles. The number of anilines is 2. The van der Waals surface area contributed by atoms with Gasteiger partial charge in [0.15, 0.2) is 0 Å². The van der Waals surface area contributed by atoms with Gasteiger partial charge in [-0.05, 0) is 75.8 Å². The van der Waals surface area contributed by atoms with Gasteiger partial charge in [0, 0.05) is 64.7 Å². The fraction of sp³-hybridized carbons (Fsp3) is 0.273. The smallest absolute Gasteiger partial charge is 0.411 e. The van der Waals surface area contributed by atoms with Crippen LogP contribution in [-0.2, 0) is 62.3 Å². The maximum absolute atomic E-state index is 13.4. The summed E-state index contributed by atoms with van der Waals surface area (Å²) in [7, 11) is -0.807. The van der Waals surface area contributed by atoms with Crippen LogP contribution in [0.5, 0.6) is 0 Å². The number of sulfonamides is 1. The number of carbonyl (C=O) groups is 3. The van der Waals surface area contributed by atoms with Crippen LogP contribution in [0.1, 0.15) is 0 Å². The molecule has 15 nitrogen and oxygen atoms in total. The van der Waals surface area contributed by atoms with Crippen LogP contribution in [0.15, 0.2) is 86.2 Å². The molecule has 292 valence electrons. The van der Waals surface area contributed by atoms with Crippen molar-refractivity contribution in [3.05, 3.63) is 66.7 Å². The number of thiazole rings is 1. The standard InChI is InChI=1S/C27H26N8O3S3.2C3H5NOS2.Sb/c36-25(27(33-11-12-33,34-13-14-34)35-15-16-35)28-18-5-8-22(9-6-18)41(37,38)32-20-3-1-19(2-4-20)30-31-21-7-10-23-24(17-21)40-26(39)29-23;2*1-4(2-5)3(6)7;/h1-10,17,32H,11-16H2,(H,28,36)(H,29,39);2*2H,1H3,(H,6,7);/q;;;+3/p-3. The van der Waals surface area contributed by atoms with Gasteiger partial charge >= 0.3 is 24.4 Å². The van der Waals surface area contributed by atoms with Crippen LogP contribution in [-0.4, -0.2) is 149 Å². The number of benzene rings is 3. The van der Waals surface area contributed by atoms with Crippen LogP contribution in [0.25, 0.3) is 10.2 Å². The van der Waals surface area contributed by atoms with Crippen molar-refractivity contribution in [3.8, 4) is 0 Å². The van der Waals surface area contributed by atoms with Crippen molar-refractivity contribution in [1.29, 1.82) is 0 Å². The van der Waals surface area contributed by atoms with E-state index in [1.165, 1.54) is 37.6 Å². The molecule has 2 N–H and O–H groups in total. The molecule has 3 amide bonds. The first-order valence-electron chi connectivity index (χ1n) is 16.2. The predicted molar refractivity (Wildman–Crippen MR) is 233 cm³/mol. The van der Waals surface area contributed by atoms with E-state index in [0.29, 0.717) is 39.9 Å². The molecule has 2 radical (unpaired) electrons. The minimum Gasteiger partial charge on any atom is -0.411 e. The summed E-state index contributed by atoms with van der Waals surface area (Å²) in [4.78, 5) is 46.1. The third-order valence-corrected chi connectivity index (χ3v) is 11.7. The second kappa shape index (κ2) is 20.0. The van der Waals surface area contributed by atoms with Crippen LogP contribution in [0.3, 0.4) is 0 Å². The summed E-state index contributed by atoms with van der Waals surface area (Å²) >= 11 is 24.3. The molecule has 0 bridgehead atoms. The maximum atomic E-state index is 13.4. The van der Waals surface area contributed by atoms with E-state index in [1.807, 2.05) is 18.2 Å². The Hall–Kier alpha value is -3.15. The first-order chi connectivity index (χ1) is 26.2. The summed E-state index contributed by atoms with van der Waals surface area (Å²) in [5, 5.41) is 11.5. The zero-order chi connectivity index (χ0) is 39.9. The summed E-state index contributed by atoms with van der Waals surface area (Å²) in [5.74, 6) is -0.812. The molecular weight excluding hydrogens is 963 g/mol. The second-order valence-electron chi connectivity index (χ2n) is 12.0. The molecule has 3 fully saturated rings. The molecule has 4 heterocycles. The fourth-order valence-electron chi connectivity index (χ4n) is 5.01. The monoisotopic (exact) mass is 994 g/mol. The number of azo groups is 1. The van der Waals surface area contributed by atoms with Gasteiger partial charge in [0.05, 0.1) is 21.8 Å². The zero-order valence-corrected chi connectivity index (χ0v) is 37.9. The van der Waals surface area contributed by atoms with Crippen LogP contribution in [0.4, 0.5) is 22.7 Å². The predicted octanol–water partition coefficient (Wildman–Crippen LogP) is 3.39. The quantitative estimate of drug-likeness (QED) is 0.0531. The van der Waals surface area contributed by atoms with E-state index in [2.05, 4.69) is 89.6 Å². The Morgan fingerprint density at radius 3 is 1.73 bits per heavy atom. The summed E-state index contributed by atoms with van der Waals surface area (Å²) in [5.41, 5.74) is 3.03. The fourth-order valence-corrected chi connectivity index (χ4v) is 7.34. The van der Waals surface area contributed by atoms with Gasteiger partial charge < -0.3 is 88.8 Å². The van der Waals surface area contributed by atoms with E-state index in [9.17, 15) is 22.8 Å². The molecule has 4 aromatic rings. The molecule has 23 heteroatoms. The molecule has 0 unspecified atom stereocenters. The van der Waals surface area contributed by atoms with Crippen molar-refractivity contribution < 1.29 is 22.8 Å². The van der Waals surface area contributed by atoms with Gasteiger partial charge in [0.25, 0.3) is 15.9 Å². The number of amides is 3. The molecule has 56 heavy (non-hydrogen) atoms. The van der Waals surface area contributed by atoms with Gasteiger partial charge in [-0.25, -0.2) is 8.42 Å². The van der Waals surface area contributed by atoms with Crippen LogP contribution in [0, 0.1) is 0 Å². The Labute approximate surface area is 373 Å². The van der Waals surface area contributed by atoms with Crippen molar-refractivity contribution in [2.45, 2.75) is 15.0 Å². The van der Waals surface area contributed by atoms with Gasteiger partial charge in [0.1, 0.15) is 0 Å². The van der Waals surface area contributed by atoms with Crippen molar-refractivity contribution in [2.24, 2.45) is 10.2 Å². The molecular formula is C33H33N10O5S7Sb. The van der Waals surface area contributed by atoms with Crippen LogP contribution in [0.2, 0.25) is 0 Å². The molecule has 0 saturated carbocycles. The van der Waals surface area contributed by atoms with E-state index in [4.69, 9.17) is 12.6 Å². The number of nitrogens with one attached hydrogen (secondary N) is 2. The van der Waals surface area contributed by atoms with Crippen LogP contribution >= 0.6 is 35.8 Å². The average Bonchev–Trinajstić information content (AvgIpc) is 4.01. The third-order valence-electron chi connectivity index (χ3n) is 8.04. The van der Waals surface area contributed by atoms with E-state index >= 15 is 0 Å². The maximum Gasteiger partial charge on any atom is 3.00 e. The number of aromatic nitrogens is 1. The van der Waals surface area contributed by atoms with Crippen molar-refractivity contribution in [1.82, 2.24) is 29.5 Å². The van der Waals surface area contributed by atoms with E-state index in [-0.39, 0.29) is 43.9 Å². The summed E-state index contributed by atoms with van der Waals surface area (Å²) in [6.07, 6.45) is 1.16. The van der Waals surface area contributed by atoms with Crippen molar-refractivity contribution in [3.63, 3.8) is 0 Å². The minimum absolute atomic E-state index is 0. The molecule has 3 aromatic carbocycles. The Morgan fingerprint density at radius 1 is 0.821 bits per heavy atom. The van der Waals surface area contributed by atoms with Gasteiger partial charge in [0.2, 0.25) is 18.6 Å². The second-order valence-corrected chi connectivity index (χ2v) is 17.4. The molecule has 3 aliphatic rings. The Bertz CT molecular complexity index is 2140. The molecule has 0 spiro atoms. The number of fused-ring (bicyclic) bond motifs is 1. The third kappa shape index (κ3) is 11.9. The van der Waals surface area contributed by atoms with E-state index in [1.54, 1.807) is 36.4 Å². The summed E-state index contributed by atoms with van der Waals surface area (Å²) < 4.78 is 30.5. The molecule has 3 saturated heterocycles. The van der Waals surface area contributed by atoms with Gasteiger partial charge in [-0.2, -0.15) is 10.2 Å². The molecule has 1 aromatic heterocycles. The largest absolute Gasteiger partial charge is 3.00 e. The number of hydrogen-bond donors (Lipinski definition) is 2. The Morgan fingerprint density at radius 2 is 1.29 bits per heavy atom. The van der Waals surface area contributed by atoms with Gasteiger partial charge in [-0.15, -0.1) is 0 Å². The molecule has 7 rings (SSSR count). The van der Waals surface area contributed by atoms with Gasteiger partial charge in [-0.3, -0.25) is 38.8 Å². The minimum atomic E-state index is -3.84. The van der Waals surface area contributed by atoms with Gasteiger partial charge in [-0.1, -0.05) is 8.64 Å². The Balaban J connectivity index is 0.000000399. The van der Waals surface area contributed by atoms with Crippen molar-refractivity contribution >= 4 is 168 Å². The number of carbonyl (C=O) groups excluding carboxylic acids is 3. The Kier molecular flexibility index (Phi) is 16.3. The first-order valence-corrected chi connectivity index (χ1v) is 20.6. The number of nitrogens with zero attached hydrogens (tertiary/aromatic N) is 8. The van der Waals surface area contributed by atoms with Crippen molar-refractivity contribution in [2.75, 3.05) is 63.4 Å². The molecule has 0 atom stereocenters. The topological polar surface area (TPSA) is 163 Å². The summed E-state index contributed by atoms with van der Waals surface area (Å²) in [6.45, 7) is 5.38.